The maximum Gasteiger partial charge on any atom is 0.0302 e. The molecule has 0 fully saturated rings. The van der Waals surface area contributed by atoms with Gasteiger partial charge >= 0.3 is 0 Å². The van der Waals surface area contributed by atoms with Crippen molar-refractivity contribution in [1.82, 2.24) is 5.32 Å². The van der Waals surface area contributed by atoms with Crippen molar-refractivity contribution in [3.8, 4) is 0 Å². The van der Waals surface area contributed by atoms with Gasteiger partial charge in [0.05, 0.1) is 0 Å². The highest BCUT2D eigenvalue weighted by Crippen LogP contribution is 2.16. The molecule has 1 aromatic heterocycles. The molecule has 2 unspecified atom stereocenters. The van der Waals surface area contributed by atoms with Crippen molar-refractivity contribution in [2.75, 3.05) is 0 Å². The summed E-state index contributed by atoms with van der Waals surface area (Å²) in [6, 6.07) is 3.12. The molecule has 0 bridgehead atoms. The molecule has 0 aliphatic carbocycles. The second-order valence-electron chi connectivity index (χ2n) is 3.37. The lowest BCUT2D eigenvalue weighted by Gasteiger charge is -2.17. The van der Waals surface area contributed by atoms with Crippen LogP contribution in [0.4, 0.5) is 0 Å². The summed E-state index contributed by atoms with van der Waals surface area (Å²) in [6.45, 7) is 8.11. The normalized spacial score (nSPS) is 15.2. The minimum atomic E-state index is 0.446. The van der Waals surface area contributed by atoms with Gasteiger partial charge in [0.25, 0.3) is 0 Å². The highest BCUT2D eigenvalue weighted by atomic mass is 32.1. The molecule has 2 heteroatoms. The monoisotopic (exact) mass is 195 g/mol. The zero-order chi connectivity index (χ0) is 9.68. The van der Waals surface area contributed by atoms with E-state index in [0.29, 0.717) is 12.1 Å². The zero-order valence-corrected chi connectivity index (χ0v) is 9.10. The Labute approximate surface area is 84.5 Å². The molecule has 1 nitrogen and oxygen atoms in total. The van der Waals surface area contributed by atoms with Crippen LogP contribution in [0.1, 0.15) is 31.9 Å². The Kier molecular flexibility index (Phi) is 4.19. The van der Waals surface area contributed by atoms with E-state index in [1.807, 2.05) is 6.08 Å². The van der Waals surface area contributed by atoms with E-state index in [-0.39, 0.29) is 0 Å². The summed E-state index contributed by atoms with van der Waals surface area (Å²) >= 11 is 1.75. The van der Waals surface area contributed by atoms with E-state index in [0.717, 1.165) is 6.42 Å². The van der Waals surface area contributed by atoms with E-state index in [9.17, 15) is 0 Å². The molecule has 0 amide bonds. The summed E-state index contributed by atoms with van der Waals surface area (Å²) < 4.78 is 0. The van der Waals surface area contributed by atoms with Crippen molar-refractivity contribution in [2.24, 2.45) is 0 Å². The van der Waals surface area contributed by atoms with Crippen LogP contribution in [0, 0.1) is 0 Å². The first-order chi connectivity index (χ1) is 6.24. The Morgan fingerprint density at radius 1 is 1.62 bits per heavy atom. The smallest absolute Gasteiger partial charge is 0.0302 e. The molecule has 0 aromatic carbocycles. The summed E-state index contributed by atoms with van der Waals surface area (Å²) in [5.41, 5.74) is 1.38. The summed E-state index contributed by atoms with van der Waals surface area (Å²) in [5, 5.41) is 7.83. The Hall–Kier alpha value is -0.600. The Balaban J connectivity index is 2.41. The Morgan fingerprint density at radius 2 is 2.38 bits per heavy atom. The molecular formula is C11H17NS. The van der Waals surface area contributed by atoms with Gasteiger partial charge in [-0.15, -0.1) is 6.58 Å². The fraction of sp³-hybridized carbons (Fsp3) is 0.455. The van der Waals surface area contributed by atoms with Crippen LogP contribution < -0.4 is 5.32 Å². The second-order valence-corrected chi connectivity index (χ2v) is 4.15. The van der Waals surface area contributed by atoms with Crippen LogP contribution in [0.15, 0.2) is 29.5 Å². The number of hydrogen-bond acceptors (Lipinski definition) is 2. The lowest BCUT2D eigenvalue weighted by atomic mass is 10.1. The quantitative estimate of drug-likeness (QED) is 0.710. The van der Waals surface area contributed by atoms with Gasteiger partial charge in [0, 0.05) is 12.1 Å². The fourth-order valence-corrected chi connectivity index (χ4v) is 2.12. The van der Waals surface area contributed by atoms with Crippen molar-refractivity contribution < 1.29 is 0 Å². The van der Waals surface area contributed by atoms with Gasteiger partial charge in [0.2, 0.25) is 0 Å². The molecule has 72 valence electrons. The van der Waals surface area contributed by atoms with Crippen molar-refractivity contribution in [3.63, 3.8) is 0 Å². The molecule has 1 heterocycles. The predicted molar refractivity (Wildman–Crippen MR) is 60.1 cm³/mol. The molecule has 0 spiro atoms. The van der Waals surface area contributed by atoms with Gasteiger partial charge in [0.1, 0.15) is 0 Å². The van der Waals surface area contributed by atoms with Crippen molar-refractivity contribution >= 4 is 11.3 Å². The predicted octanol–water partition coefficient (Wildman–Crippen LogP) is 3.36. The fourth-order valence-electron chi connectivity index (χ4n) is 1.36. The topological polar surface area (TPSA) is 12.0 Å². The summed E-state index contributed by atoms with van der Waals surface area (Å²) in [7, 11) is 0. The number of rotatable bonds is 5. The SMILES string of the molecule is C=CCC(C)NC(C)c1ccsc1. The van der Waals surface area contributed by atoms with Gasteiger partial charge in [-0.25, -0.2) is 0 Å². The maximum atomic E-state index is 3.73. The average molecular weight is 195 g/mol. The summed E-state index contributed by atoms with van der Waals surface area (Å²) in [4.78, 5) is 0. The molecule has 0 aliphatic rings. The van der Waals surface area contributed by atoms with E-state index in [1.165, 1.54) is 5.56 Å². The minimum absolute atomic E-state index is 0.446. The highest BCUT2D eigenvalue weighted by Gasteiger charge is 2.07. The lowest BCUT2D eigenvalue weighted by molar-refractivity contribution is 0.483. The molecular weight excluding hydrogens is 178 g/mol. The second kappa shape index (κ2) is 5.20. The van der Waals surface area contributed by atoms with Gasteiger partial charge in [-0.1, -0.05) is 6.08 Å². The van der Waals surface area contributed by atoms with E-state index in [2.05, 4.69) is 42.6 Å². The number of nitrogens with one attached hydrogen (secondary N) is 1. The van der Waals surface area contributed by atoms with Crippen LogP contribution in [-0.2, 0) is 0 Å². The Bertz CT molecular complexity index is 241. The molecule has 1 aromatic rings. The minimum Gasteiger partial charge on any atom is -0.307 e. The molecule has 0 radical (unpaired) electrons. The maximum absolute atomic E-state index is 3.73. The van der Waals surface area contributed by atoms with Gasteiger partial charge in [0.15, 0.2) is 0 Å². The molecule has 0 saturated carbocycles. The van der Waals surface area contributed by atoms with Gasteiger partial charge in [-0.2, -0.15) is 11.3 Å². The lowest BCUT2D eigenvalue weighted by Crippen LogP contribution is -2.28. The first-order valence-corrected chi connectivity index (χ1v) is 5.57. The molecule has 13 heavy (non-hydrogen) atoms. The van der Waals surface area contributed by atoms with E-state index in [1.54, 1.807) is 11.3 Å². The van der Waals surface area contributed by atoms with E-state index >= 15 is 0 Å². The van der Waals surface area contributed by atoms with Gasteiger partial charge in [-0.05, 0) is 42.7 Å². The van der Waals surface area contributed by atoms with Crippen LogP contribution in [0.2, 0.25) is 0 Å². The third-order valence-corrected chi connectivity index (χ3v) is 2.80. The van der Waals surface area contributed by atoms with E-state index in [4.69, 9.17) is 0 Å². The van der Waals surface area contributed by atoms with Crippen LogP contribution in [0.5, 0.6) is 0 Å². The largest absolute Gasteiger partial charge is 0.307 e. The van der Waals surface area contributed by atoms with Crippen LogP contribution in [0.3, 0.4) is 0 Å². The van der Waals surface area contributed by atoms with Crippen LogP contribution >= 0.6 is 11.3 Å². The van der Waals surface area contributed by atoms with Crippen molar-refractivity contribution in [1.29, 1.82) is 0 Å². The molecule has 1 N–H and O–H groups in total. The average Bonchev–Trinajstić information content (AvgIpc) is 2.55. The molecule has 1 rings (SSSR count). The third kappa shape index (κ3) is 3.33. The standard InChI is InChI=1S/C11H17NS/c1-4-5-9(2)12-10(3)11-6-7-13-8-11/h4,6-10,12H,1,5H2,2-3H3. The molecule has 2 atom stereocenters. The Morgan fingerprint density at radius 3 is 2.92 bits per heavy atom. The summed E-state index contributed by atoms with van der Waals surface area (Å²) in [6.07, 6.45) is 2.98. The molecule has 0 saturated heterocycles. The summed E-state index contributed by atoms with van der Waals surface area (Å²) in [5.74, 6) is 0. The zero-order valence-electron chi connectivity index (χ0n) is 8.29. The first kappa shape index (κ1) is 10.5. The van der Waals surface area contributed by atoms with Gasteiger partial charge in [-0.3, -0.25) is 0 Å². The number of thiophene rings is 1. The van der Waals surface area contributed by atoms with Gasteiger partial charge < -0.3 is 5.32 Å². The van der Waals surface area contributed by atoms with Crippen LogP contribution in [-0.4, -0.2) is 6.04 Å². The third-order valence-electron chi connectivity index (χ3n) is 2.10. The molecule has 0 aliphatic heterocycles. The highest BCUT2D eigenvalue weighted by molar-refractivity contribution is 7.07. The van der Waals surface area contributed by atoms with Crippen LogP contribution in [0.25, 0.3) is 0 Å². The van der Waals surface area contributed by atoms with E-state index < -0.39 is 0 Å². The first-order valence-electron chi connectivity index (χ1n) is 4.63. The van der Waals surface area contributed by atoms with Crippen molar-refractivity contribution in [2.45, 2.75) is 32.4 Å². The van der Waals surface area contributed by atoms with Crippen molar-refractivity contribution in [3.05, 3.63) is 35.0 Å². The number of hydrogen-bond donors (Lipinski definition) is 1.